The van der Waals surface area contributed by atoms with E-state index >= 15 is 0 Å². The molecule has 0 spiro atoms. The van der Waals surface area contributed by atoms with E-state index in [-0.39, 0.29) is 17.2 Å². The highest BCUT2D eigenvalue weighted by molar-refractivity contribution is 5.94. The zero-order valence-corrected chi connectivity index (χ0v) is 18.1. The third-order valence-corrected chi connectivity index (χ3v) is 4.98. The fraction of sp³-hybridized carbons (Fsp3) is 0.304. The van der Waals surface area contributed by atoms with E-state index in [0.717, 1.165) is 18.4 Å². The van der Waals surface area contributed by atoms with Gasteiger partial charge in [-0.1, -0.05) is 24.3 Å². The summed E-state index contributed by atoms with van der Waals surface area (Å²) in [5, 5.41) is 22.7. The number of methoxy groups -OCH3 is 1. The largest absolute Gasteiger partial charge is 0.494 e. The molecule has 0 saturated heterocycles. The van der Waals surface area contributed by atoms with Crippen LogP contribution >= 0.6 is 0 Å². The van der Waals surface area contributed by atoms with Crippen molar-refractivity contribution in [3.05, 3.63) is 59.1 Å². The van der Waals surface area contributed by atoms with Crippen molar-refractivity contribution < 1.29 is 9.53 Å². The first-order valence-corrected chi connectivity index (χ1v) is 10.2. The smallest absolute Gasteiger partial charge is 0.251 e. The van der Waals surface area contributed by atoms with Gasteiger partial charge in [0.1, 0.15) is 17.1 Å². The van der Waals surface area contributed by atoms with Crippen molar-refractivity contribution in [2.24, 2.45) is 0 Å². The average Bonchev–Trinajstić information content (AvgIpc) is 2.76. The van der Waals surface area contributed by atoms with Crippen LogP contribution in [0.25, 0.3) is 11.0 Å². The molecular weight excluding hydrogens is 392 g/mol. The molecule has 1 aromatic heterocycles. The summed E-state index contributed by atoms with van der Waals surface area (Å²) < 4.78 is 7.08. The second-order valence-electron chi connectivity index (χ2n) is 7.27. The predicted molar refractivity (Wildman–Crippen MR) is 122 cm³/mol. The van der Waals surface area contributed by atoms with E-state index < -0.39 is 0 Å². The number of carbonyl (C=O) groups is 1. The summed E-state index contributed by atoms with van der Waals surface area (Å²) >= 11 is 0. The predicted octanol–water partition coefficient (Wildman–Crippen LogP) is 3.30. The van der Waals surface area contributed by atoms with Crippen molar-refractivity contribution in [2.45, 2.75) is 26.7 Å². The Morgan fingerprint density at radius 2 is 1.84 bits per heavy atom. The second kappa shape index (κ2) is 9.88. The highest BCUT2D eigenvalue weighted by Gasteiger charge is 2.15. The maximum absolute atomic E-state index is 12.1. The lowest BCUT2D eigenvalue weighted by Crippen LogP contribution is -2.30. The van der Waals surface area contributed by atoms with E-state index in [4.69, 9.17) is 15.6 Å². The third-order valence-electron chi connectivity index (χ3n) is 4.98. The number of anilines is 1. The fourth-order valence-electron chi connectivity index (χ4n) is 3.42. The number of aryl methyl sites for hydroxylation is 1. The van der Waals surface area contributed by atoms with Gasteiger partial charge in [-0.2, -0.15) is 0 Å². The van der Waals surface area contributed by atoms with E-state index in [0.29, 0.717) is 41.3 Å². The molecule has 0 radical (unpaired) electrons. The standard InChI is InChI=1S/C23H28N6O2/c1-15-11-12-18-19(20(15)31-3)28-22(21(25)29(18)16(2)24)26-13-7-8-14-27-23(30)17-9-5-4-6-10-17/h4-6,9-12,24-25H,7-8,13-14H2,1-3H3,(H,26,28)(H,27,30). The van der Waals surface area contributed by atoms with Gasteiger partial charge in [0.25, 0.3) is 5.91 Å². The van der Waals surface area contributed by atoms with E-state index in [1.165, 1.54) is 0 Å². The minimum absolute atomic E-state index is 0.0804. The van der Waals surface area contributed by atoms with Gasteiger partial charge in [0.15, 0.2) is 11.3 Å². The van der Waals surface area contributed by atoms with Crippen molar-refractivity contribution in [3.8, 4) is 5.75 Å². The molecular formula is C23H28N6O2. The molecule has 0 aliphatic rings. The second-order valence-corrected chi connectivity index (χ2v) is 7.27. The number of ether oxygens (including phenoxy) is 1. The van der Waals surface area contributed by atoms with Crippen LogP contribution in [0.15, 0.2) is 42.5 Å². The lowest BCUT2D eigenvalue weighted by Gasteiger charge is -2.16. The molecule has 4 N–H and O–H groups in total. The Morgan fingerprint density at radius 3 is 2.52 bits per heavy atom. The molecule has 1 amide bonds. The van der Waals surface area contributed by atoms with Crippen molar-refractivity contribution >= 4 is 28.6 Å². The first-order valence-electron chi connectivity index (χ1n) is 10.2. The Bertz CT molecular complexity index is 1150. The SMILES string of the molecule is COc1c(C)ccc2c1nc(NCCCCNC(=O)c1ccccc1)c(=N)n2C(C)=N. The van der Waals surface area contributed by atoms with Gasteiger partial charge in [-0.05, 0) is 50.5 Å². The molecule has 0 fully saturated rings. The number of hydrogen-bond acceptors (Lipinski definition) is 6. The summed E-state index contributed by atoms with van der Waals surface area (Å²) in [4.78, 5) is 16.7. The van der Waals surface area contributed by atoms with Crippen LogP contribution in [-0.4, -0.2) is 41.5 Å². The highest BCUT2D eigenvalue weighted by atomic mass is 16.5. The number of rotatable bonds is 8. The molecule has 3 aromatic rings. The van der Waals surface area contributed by atoms with Crippen molar-refractivity contribution in [3.63, 3.8) is 0 Å². The maximum atomic E-state index is 12.1. The summed E-state index contributed by atoms with van der Waals surface area (Å²) in [7, 11) is 1.59. The minimum atomic E-state index is -0.0804. The fourth-order valence-corrected chi connectivity index (χ4v) is 3.42. The number of nitrogens with zero attached hydrogens (tertiary/aromatic N) is 2. The lowest BCUT2D eigenvalue weighted by atomic mass is 10.1. The third kappa shape index (κ3) is 4.91. The zero-order valence-electron chi connectivity index (χ0n) is 18.1. The average molecular weight is 421 g/mol. The molecule has 0 atom stereocenters. The van der Waals surface area contributed by atoms with Gasteiger partial charge in [0, 0.05) is 18.7 Å². The molecule has 31 heavy (non-hydrogen) atoms. The summed E-state index contributed by atoms with van der Waals surface area (Å²) in [6.07, 6.45) is 1.58. The quantitative estimate of drug-likeness (QED) is 0.254. The Balaban J connectivity index is 1.66. The molecule has 162 valence electrons. The van der Waals surface area contributed by atoms with Crippen molar-refractivity contribution in [1.82, 2.24) is 14.9 Å². The van der Waals surface area contributed by atoms with Gasteiger partial charge in [-0.25, -0.2) is 4.98 Å². The summed E-state index contributed by atoms with van der Waals surface area (Å²) in [5.74, 6) is 1.19. The van der Waals surface area contributed by atoms with Crippen LogP contribution in [0, 0.1) is 17.7 Å². The van der Waals surface area contributed by atoms with Crippen LogP contribution < -0.4 is 20.9 Å². The Kier molecular flexibility index (Phi) is 7.02. The molecule has 1 heterocycles. The van der Waals surface area contributed by atoms with Crippen LogP contribution in [0.4, 0.5) is 5.82 Å². The van der Waals surface area contributed by atoms with E-state index in [2.05, 4.69) is 15.6 Å². The van der Waals surface area contributed by atoms with Crippen LogP contribution in [-0.2, 0) is 0 Å². The topological polar surface area (TPSA) is 116 Å². The zero-order chi connectivity index (χ0) is 22.4. The van der Waals surface area contributed by atoms with Crippen LogP contribution in [0.1, 0.15) is 35.7 Å². The molecule has 0 aliphatic heterocycles. The number of amides is 1. The molecule has 8 heteroatoms. The van der Waals surface area contributed by atoms with Gasteiger partial charge >= 0.3 is 0 Å². The first-order chi connectivity index (χ1) is 14.9. The monoisotopic (exact) mass is 420 g/mol. The molecule has 0 saturated carbocycles. The molecule has 0 aliphatic carbocycles. The van der Waals surface area contributed by atoms with E-state index in [1.54, 1.807) is 30.7 Å². The molecule has 2 aromatic carbocycles. The van der Waals surface area contributed by atoms with Gasteiger partial charge in [-0.3, -0.25) is 20.2 Å². The van der Waals surface area contributed by atoms with Crippen LogP contribution in [0.3, 0.4) is 0 Å². The number of fused-ring (bicyclic) bond motifs is 1. The Morgan fingerprint density at radius 1 is 1.13 bits per heavy atom. The number of aromatic nitrogens is 2. The molecule has 0 bridgehead atoms. The van der Waals surface area contributed by atoms with Gasteiger partial charge in [-0.15, -0.1) is 0 Å². The first kappa shape index (κ1) is 22.0. The Hall–Kier alpha value is -3.68. The number of nitrogens with one attached hydrogen (secondary N) is 4. The minimum Gasteiger partial charge on any atom is -0.494 e. The number of benzene rings is 2. The lowest BCUT2D eigenvalue weighted by molar-refractivity contribution is 0.0953. The summed E-state index contributed by atoms with van der Waals surface area (Å²) in [6, 6.07) is 12.9. The number of hydrogen-bond donors (Lipinski definition) is 4. The number of carbonyl (C=O) groups excluding carboxylic acids is 1. The van der Waals surface area contributed by atoms with Gasteiger partial charge < -0.3 is 15.4 Å². The summed E-state index contributed by atoms with van der Waals surface area (Å²) in [5.41, 5.74) is 2.99. The molecule has 8 nitrogen and oxygen atoms in total. The molecule has 3 rings (SSSR count). The van der Waals surface area contributed by atoms with E-state index in [9.17, 15) is 4.79 Å². The summed E-state index contributed by atoms with van der Waals surface area (Å²) in [6.45, 7) is 4.74. The van der Waals surface area contributed by atoms with Crippen molar-refractivity contribution in [1.29, 1.82) is 10.8 Å². The maximum Gasteiger partial charge on any atom is 0.251 e. The van der Waals surface area contributed by atoms with Gasteiger partial charge in [0.05, 0.1) is 12.6 Å². The van der Waals surface area contributed by atoms with Gasteiger partial charge in [0.2, 0.25) is 0 Å². The highest BCUT2D eigenvalue weighted by Crippen LogP contribution is 2.27. The van der Waals surface area contributed by atoms with Crippen LogP contribution in [0.5, 0.6) is 5.75 Å². The normalized spacial score (nSPS) is 10.7. The number of unbranched alkanes of at least 4 members (excludes halogenated alkanes) is 1. The Labute approximate surface area is 181 Å². The van der Waals surface area contributed by atoms with Crippen LogP contribution in [0.2, 0.25) is 0 Å². The van der Waals surface area contributed by atoms with Crippen molar-refractivity contribution in [2.75, 3.05) is 25.5 Å². The molecule has 0 unspecified atom stereocenters. The van der Waals surface area contributed by atoms with E-state index in [1.807, 2.05) is 37.3 Å².